The molecule has 0 bridgehead atoms. The summed E-state index contributed by atoms with van der Waals surface area (Å²) in [6, 6.07) is 0. The lowest BCUT2D eigenvalue weighted by Crippen LogP contribution is -2.51. The van der Waals surface area contributed by atoms with Crippen molar-refractivity contribution in [2.75, 3.05) is 6.61 Å². The van der Waals surface area contributed by atoms with Crippen molar-refractivity contribution in [3.63, 3.8) is 0 Å². The van der Waals surface area contributed by atoms with E-state index in [0.717, 1.165) is 37.9 Å². The summed E-state index contributed by atoms with van der Waals surface area (Å²) >= 11 is 0. The molecule has 3 fully saturated rings. The Bertz CT molecular complexity index is 471. The van der Waals surface area contributed by atoms with Gasteiger partial charge in [0.25, 0.3) is 0 Å². The van der Waals surface area contributed by atoms with E-state index >= 15 is 0 Å². The molecule has 0 unspecified atom stereocenters. The minimum absolute atomic E-state index is 0.0210. The maximum Gasteiger partial charge on any atom is 0.160 e. The van der Waals surface area contributed by atoms with E-state index in [0.29, 0.717) is 30.0 Å². The van der Waals surface area contributed by atoms with Crippen LogP contribution in [0.2, 0.25) is 0 Å². The topological polar surface area (TPSA) is 35.5 Å². The van der Waals surface area contributed by atoms with E-state index < -0.39 is 0 Å². The molecule has 2 saturated heterocycles. The summed E-state index contributed by atoms with van der Waals surface area (Å²) < 4.78 is 12.1. The van der Waals surface area contributed by atoms with Gasteiger partial charge in [0.2, 0.25) is 0 Å². The smallest absolute Gasteiger partial charge is 0.160 e. The summed E-state index contributed by atoms with van der Waals surface area (Å²) in [7, 11) is 0. The fraction of sp³-hybridized carbons (Fsp3) is 0.833. The summed E-state index contributed by atoms with van der Waals surface area (Å²) in [4.78, 5) is 12.4. The first-order valence-electron chi connectivity index (χ1n) is 8.61. The average Bonchev–Trinajstić information content (AvgIpc) is 3.06. The van der Waals surface area contributed by atoms with E-state index in [2.05, 4.69) is 19.9 Å². The highest BCUT2D eigenvalue weighted by atomic mass is 16.7. The van der Waals surface area contributed by atoms with Crippen LogP contribution in [-0.2, 0) is 14.3 Å². The highest BCUT2D eigenvalue weighted by Gasteiger charge is 2.56. The molecule has 3 heteroatoms. The Hall–Kier alpha value is -0.670. The summed E-state index contributed by atoms with van der Waals surface area (Å²) in [5, 5.41) is 0. The number of fused-ring (bicyclic) bond motifs is 2. The Kier molecular flexibility index (Phi) is 3.27. The van der Waals surface area contributed by atoms with Gasteiger partial charge in [-0.15, -0.1) is 0 Å². The number of hydrogen-bond donors (Lipinski definition) is 0. The van der Waals surface area contributed by atoms with Gasteiger partial charge in [-0.05, 0) is 49.5 Å². The van der Waals surface area contributed by atoms with Crippen LogP contribution in [0.5, 0.6) is 0 Å². The highest BCUT2D eigenvalue weighted by Crippen LogP contribution is 2.56. The van der Waals surface area contributed by atoms with Crippen LogP contribution in [-0.4, -0.2) is 24.8 Å². The SMILES string of the molecule is C[C@@H]1CC(=O)C2=CCCC[C@@H]2[C@@]1(C)[C@@H]1C[C@H]2CCO[C@H]2O1. The zero-order valence-electron chi connectivity index (χ0n) is 13.1. The van der Waals surface area contributed by atoms with Crippen molar-refractivity contribution in [2.24, 2.45) is 23.2 Å². The largest absolute Gasteiger partial charge is 0.352 e. The molecule has 21 heavy (non-hydrogen) atoms. The number of allylic oxidation sites excluding steroid dienone is 2. The monoisotopic (exact) mass is 290 g/mol. The minimum Gasteiger partial charge on any atom is -0.352 e. The molecule has 6 atom stereocenters. The Morgan fingerprint density at radius 2 is 2.19 bits per heavy atom. The zero-order valence-corrected chi connectivity index (χ0v) is 13.1. The number of rotatable bonds is 1. The minimum atomic E-state index is 0.0210. The molecule has 0 aromatic rings. The van der Waals surface area contributed by atoms with Crippen molar-refractivity contribution in [3.05, 3.63) is 11.6 Å². The molecule has 4 aliphatic rings. The van der Waals surface area contributed by atoms with Crippen molar-refractivity contribution in [3.8, 4) is 0 Å². The molecule has 2 heterocycles. The van der Waals surface area contributed by atoms with E-state index in [1.807, 2.05) is 0 Å². The Labute approximate surface area is 127 Å². The molecule has 2 aliphatic carbocycles. The van der Waals surface area contributed by atoms with Gasteiger partial charge in [-0.2, -0.15) is 0 Å². The van der Waals surface area contributed by atoms with Crippen LogP contribution in [0.15, 0.2) is 11.6 Å². The van der Waals surface area contributed by atoms with Crippen LogP contribution < -0.4 is 0 Å². The molecule has 0 aromatic carbocycles. The van der Waals surface area contributed by atoms with Gasteiger partial charge in [0, 0.05) is 17.8 Å². The molecule has 0 aromatic heterocycles. The van der Waals surface area contributed by atoms with Crippen LogP contribution in [0.4, 0.5) is 0 Å². The fourth-order valence-corrected chi connectivity index (χ4v) is 5.21. The van der Waals surface area contributed by atoms with Gasteiger partial charge in [0.1, 0.15) is 0 Å². The van der Waals surface area contributed by atoms with E-state index in [-0.39, 0.29) is 17.8 Å². The highest BCUT2D eigenvalue weighted by molar-refractivity contribution is 5.97. The van der Waals surface area contributed by atoms with Gasteiger partial charge < -0.3 is 9.47 Å². The first-order chi connectivity index (χ1) is 10.1. The Morgan fingerprint density at radius 3 is 3.00 bits per heavy atom. The van der Waals surface area contributed by atoms with Crippen LogP contribution in [0.3, 0.4) is 0 Å². The lowest BCUT2D eigenvalue weighted by atomic mass is 9.54. The average molecular weight is 290 g/mol. The maximum atomic E-state index is 12.4. The van der Waals surface area contributed by atoms with Crippen molar-refractivity contribution < 1.29 is 14.3 Å². The van der Waals surface area contributed by atoms with Crippen molar-refractivity contribution in [1.82, 2.24) is 0 Å². The van der Waals surface area contributed by atoms with Crippen molar-refractivity contribution >= 4 is 5.78 Å². The lowest BCUT2D eigenvalue weighted by Gasteiger charge is -2.51. The molecule has 0 amide bonds. The third-order valence-electron chi connectivity index (χ3n) is 6.73. The molecular formula is C18H26O3. The molecule has 0 radical (unpaired) electrons. The predicted molar refractivity (Wildman–Crippen MR) is 79.7 cm³/mol. The first-order valence-corrected chi connectivity index (χ1v) is 8.61. The zero-order chi connectivity index (χ0) is 14.6. The molecule has 1 saturated carbocycles. The standard InChI is InChI=1S/C18H26O3/c1-11-9-15(19)13-5-3-4-6-14(13)18(11,2)16-10-12-7-8-20-17(12)21-16/h5,11-12,14,16-17H,3-4,6-10H2,1-2H3/t11-,12-,14+,16+,17+,18+/m1/s1. The summed E-state index contributed by atoms with van der Waals surface area (Å²) in [6.07, 6.45) is 8.86. The van der Waals surface area contributed by atoms with Crippen LogP contribution in [0, 0.1) is 23.2 Å². The van der Waals surface area contributed by atoms with Crippen molar-refractivity contribution in [1.29, 1.82) is 0 Å². The summed E-state index contributed by atoms with van der Waals surface area (Å²) in [6.45, 7) is 5.47. The Balaban J connectivity index is 1.66. The van der Waals surface area contributed by atoms with Gasteiger partial charge in [-0.1, -0.05) is 19.9 Å². The second kappa shape index (κ2) is 4.92. The summed E-state index contributed by atoms with van der Waals surface area (Å²) in [5.41, 5.74) is 1.21. The van der Waals surface area contributed by atoms with Gasteiger partial charge in [0.05, 0.1) is 12.7 Å². The third-order valence-corrected chi connectivity index (χ3v) is 6.73. The van der Waals surface area contributed by atoms with E-state index in [4.69, 9.17) is 9.47 Å². The molecule has 2 aliphatic heterocycles. The number of carbonyl (C=O) groups excluding carboxylic acids is 1. The van der Waals surface area contributed by atoms with Crippen LogP contribution in [0.25, 0.3) is 0 Å². The molecule has 3 nitrogen and oxygen atoms in total. The van der Waals surface area contributed by atoms with E-state index in [1.54, 1.807) is 0 Å². The normalized spacial score (nSPS) is 49.7. The van der Waals surface area contributed by atoms with E-state index in [9.17, 15) is 4.79 Å². The third kappa shape index (κ3) is 1.97. The first kappa shape index (κ1) is 14.0. The second-order valence-electron chi connectivity index (χ2n) is 7.69. The molecule has 4 rings (SSSR count). The number of ether oxygens (including phenoxy) is 2. The van der Waals surface area contributed by atoms with Crippen LogP contribution >= 0.6 is 0 Å². The molecular weight excluding hydrogens is 264 g/mol. The predicted octanol–water partition coefficient (Wildman–Crippen LogP) is 3.48. The lowest BCUT2D eigenvalue weighted by molar-refractivity contribution is -0.167. The van der Waals surface area contributed by atoms with Gasteiger partial charge >= 0.3 is 0 Å². The molecule has 0 N–H and O–H groups in total. The fourth-order valence-electron chi connectivity index (χ4n) is 5.21. The number of ketones is 1. The molecule has 116 valence electrons. The van der Waals surface area contributed by atoms with E-state index in [1.165, 1.54) is 6.42 Å². The van der Waals surface area contributed by atoms with Gasteiger partial charge in [-0.3, -0.25) is 4.79 Å². The molecule has 0 spiro atoms. The summed E-state index contributed by atoms with van der Waals surface area (Å²) in [5.74, 6) is 1.76. The number of carbonyl (C=O) groups is 1. The van der Waals surface area contributed by atoms with Gasteiger partial charge in [-0.25, -0.2) is 0 Å². The van der Waals surface area contributed by atoms with Crippen LogP contribution in [0.1, 0.15) is 52.4 Å². The number of hydrogen-bond acceptors (Lipinski definition) is 3. The second-order valence-corrected chi connectivity index (χ2v) is 7.69. The van der Waals surface area contributed by atoms with Gasteiger partial charge in [0.15, 0.2) is 12.1 Å². The van der Waals surface area contributed by atoms with Crippen molar-refractivity contribution in [2.45, 2.75) is 64.8 Å². The maximum absolute atomic E-state index is 12.4. The quantitative estimate of drug-likeness (QED) is 0.741. The Morgan fingerprint density at radius 1 is 1.33 bits per heavy atom. The number of Topliss-reactive ketones (excluding diaryl/α,β-unsaturated/α-hetero) is 1.